The number of nitrogens with two attached hydrogens (primary N) is 1. The number of hydrogen-bond acceptors (Lipinski definition) is 4. The van der Waals surface area contributed by atoms with Crippen molar-refractivity contribution in [2.45, 2.75) is 18.9 Å². The van der Waals surface area contributed by atoms with Crippen LogP contribution in [0.15, 0.2) is 12.1 Å². The van der Waals surface area contributed by atoms with E-state index in [1.54, 1.807) is 14.2 Å². The van der Waals surface area contributed by atoms with Crippen LogP contribution in [0, 0.1) is 0 Å². The van der Waals surface area contributed by atoms with Gasteiger partial charge >= 0.3 is 0 Å². The van der Waals surface area contributed by atoms with Crippen LogP contribution in [0.2, 0.25) is 0 Å². The SMILES string of the molecule is COc1cc2c(cc1OC)[C@@H](CC(=O)[O-])[NH2+]CC2. The van der Waals surface area contributed by atoms with Gasteiger partial charge in [-0.2, -0.15) is 0 Å². The molecular formula is C13H17NO4. The summed E-state index contributed by atoms with van der Waals surface area (Å²) in [6, 6.07) is 3.71. The first-order valence-corrected chi connectivity index (χ1v) is 5.93. The van der Waals surface area contributed by atoms with E-state index in [9.17, 15) is 9.90 Å². The maximum Gasteiger partial charge on any atom is 0.161 e. The Hall–Kier alpha value is -1.75. The van der Waals surface area contributed by atoms with Crippen molar-refractivity contribution < 1.29 is 24.7 Å². The van der Waals surface area contributed by atoms with E-state index in [2.05, 4.69) is 0 Å². The monoisotopic (exact) mass is 251 g/mol. The van der Waals surface area contributed by atoms with Crippen LogP contribution in [0.1, 0.15) is 23.6 Å². The Bertz CT molecular complexity index is 459. The van der Waals surface area contributed by atoms with E-state index in [4.69, 9.17) is 9.47 Å². The zero-order valence-electron chi connectivity index (χ0n) is 10.6. The maximum atomic E-state index is 10.8. The van der Waals surface area contributed by atoms with Crippen molar-refractivity contribution in [3.8, 4) is 11.5 Å². The topological polar surface area (TPSA) is 75.2 Å². The number of carboxylic acid groups (broad SMARTS) is 1. The molecule has 0 unspecified atom stereocenters. The van der Waals surface area contributed by atoms with E-state index in [1.165, 1.54) is 0 Å². The number of ether oxygens (including phenoxy) is 2. The van der Waals surface area contributed by atoms with Gasteiger partial charge in [-0.15, -0.1) is 0 Å². The molecule has 2 N–H and O–H groups in total. The highest BCUT2D eigenvalue weighted by Crippen LogP contribution is 2.34. The Kier molecular flexibility index (Phi) is 3.72. The molecule has 1 aliphatic rings. The quantitative estimate of drug-likeness (QED) is 0.745. The highest BCUT2D eigenvalue weighted by molar-refractivity contribution is 5.65. The molecule has 1 heterocycles. The van der Waals surface area contributed by atoms with Gasteiger partial charge in [0.25, 0.3) is 0 Å². The molecule has 0 radical (unpaired) electrons. The highest BCUT2D eigenvalue weighted by Gasteiger charge is 2.25. The second-order valence-corrected chi connectivity index (χ2v) is 4.36. The minimum atomic E-state index is -1.03. The van der Waals surface area contributed by atoms with E-state index in [-0.39, 0.29) is 12.5 Å². The zero-order chi connectivity index (χ0) is 13.1. The van der Waals surface area contributed by atoms with Crippen molar-refractivity contribution in [1.82, 2.24) is 0 Å². The molecule has 18 heavy (non-hydrogen) atoms. The van der Waals surface area contributed by atoms with E-state index >= 15 is 0 Å². The predicted molar refractivity (Wildman–Crippen MR) is 62.4 cm³/mol. The van der Waals surface area contributed by atoms with Gasteiger partial charge in [-0.1, -0.05) is 0 Å². The Morgan fingerprint density at radius 1 is 1.39 bits per heavy atom. The number of methoxy groups -OCH3 is 2. The average Bonchev–Trinajstić information content (AvgIpc) is 2.37. The van der Waals surface area contributed by atoms with Gasteiger partial charge in [-0.05, 0) is 17.7 Å². The molecule has 0 saturated heterocycles. The number of benzene rings is 1. The molecule has 98 valence electrons. The fraction of sp³-hybridized carbons (Fsp3) is 0.462. The molecule has 1 aromatic carbocycles. The summed E-state index contributed by atoms with van der Waals surface area (Å²) < 4.78 is 10.5. The number of aliphatic carboxylic acids is 1. The smallest absolute Gasteiger partial charge is 0.161 e. The number of fused-ring (bicyclic) bond motifs is 1. The zero-order valence-corrected chi connectivity index (χ0v) is 10.6. The number of carboxylic acids is 1. The van der Waals surface area contributed by atoms with Crippen LogP contribution in [-0.2, 0) is 11.2 Å². The molecule has 1 atom stereocenters. The lowest BCUT2D eigenvalue weighted by molar-refractivity contribution is -0.698. The Balaban J connectivity index is 2.40. The van der Waals surface area contributed by atoms with Crippen LogP contribution >= 0.6 is 0 Å². The van der Waals surface area contributed by atoms with E-state index in [1.807, 2.05) is 17.4 Å². The summed E-state index contributed by atoms with van der Waals surface area (Å²) in [7, 11) is 3.17. The van der Waals surface area contributed by atoms with E-state index in [0.717, 1.165) is 24.1 Å². The van der Waals surface area contributed by atoms with Crippen molar-refractivity contribution in [2.75, 3.05) is 20.8 Å². The fourth-order valence-electron chi connectivity index (χ4n) is 2.44. The van der Waals surface area contributed by atoms with Crippen LogP contribution in [0.25, 0.3) is 0 Å². The van der Waals surface area contributed by atoms with Crippen LogP contribution < -0.4 is 19.9 Å². The van der Waals surface area contributed by atoms with Gasteiger partial charge < -0.3 is 24.7 Å². The largest absolute Gasteiger partial charge is 0.550 e. The van der Waals surface area contributed by atoms with Crippen molar-refractivity contribution in [3.05, 3.63) is 23.3 Å². The van der Waals surface area contributed by atoms with Gasteiger partial charge in [-0.3, -0.25) is 0 Å². The molecule has 2 rings (SSSR count). The third kappa shape index (κ3) is 2.41. The number of hydrogen-bond donors (Lipinski definition) is 1. The lowest BCUT2D eigenvalue weighted by atomic mass is 9.92. The molecule has 0 bridgehead atoms. The van der Waals surface area contributed by atoms with Gasteiger partial charge in [0.1, 0.15) is 6.04 Å². The fourth-order valence-corrected chi connectivity index (χ4v) is 2.44. The van der Waals surface area contributed by atoms with Crippen LogP contribution in [0.3, 0.4) is 0 Å². The molecule has 1 aromatic rings. The second-order valence-electron chi connectivity index (χ2n) is 4.36. The lowest BCUT2D eigenvalue weighted by Crippen LogP contribution is -2.87. The summed E-state index contributed by atoms with van der Waals surface area (Å²) in [5, 5.41) is 12.8. The normalized spacial score (nSPS) is 18.0. The summed E-state index contributed by atoms with van der Waals surface area (Å²) in [6.07, 6.45) is 0.918. The molecule has 5 heteroatoms. The van der Waals surface area contributed by atoms with Crippen molar-refractivity contribution in [2.24, 2.45) is 0 Å². The molecule has 5 nitrogen and oxygen atoms in total. The van der Waals surface area contributed by atoms with Gasteiger partial charge in [0, 0.05) is 24.4 Å². The van der Waals surface area contributed by atoms with Crippen molar-refractivity contribution in [3.63, 3.8) is 0 Å². The number of quaternary nitrogens is 1. The summed E-state index contributed by atoms with van der Waals surface area (Å²) in [4.78, 5) is 10.8. The summed E-state index contributed by atoms with van der Waals surface area (Å²) in [6.45, 7) is 0.875. The van der Waals surface area contributed by atoms with Gasteiger partial charge in [0.15, 0.2) is 11.5 Å². The maximum absolute atomic E-state index is 10.8. The first kappa shape index (κ1) is 12.7. The highest BCUT2D eigenvalue weighted by atomic mass is 16.5. The number of carbonyl (C=O) groups excluding carboxylic acids is 1. The average molecular weight is 251 g/mol. The van der Waals surface area contributed by atoms with Crippen LogP contribution in [0.4, 0.5) is 0 Å². The molecule has 0 spiro atoms. The Morgan fingerprint density at radius 2 is 2.06 bits per heavy atom. The molecule has 1 aliphatic heterocycles. The third-order valence-electron chi connectivity index (χ3n) is 3.30. The standard InChI is InChI=1S/C13H17NO4/c1-17-11-5-8-3-4-14-10(7-13(15)16)9(8)6-12(11)18-2/h5-6,10,14H,3-4,7H2,1-2H3,(H,15,16)/t10-/m1/s1. The lowest BCUT2D eigenvalue weighted by Gasteiger charge is -2.25. The Labute approximate surface area is 106 Å². The molecule has 0 aliphatic carbocycles. The van der Waals surface area contributed by atoms with Gasteiger partial charge in [-0.25, -0.2) is 0 Å². The van der Waals surface area contributed by atoms with E-state index < -0.39 is 5.97 Å². The molecule has 0 aromatic heterocycles. The third-order valence-corrected chi connectivity index (χ3v) is 3.30. The second kappa shape index (κ2) is 5.27. The minimum absolute atomic E-state index is 0.0164. The summed E-state index contributed by atoms with van der Waals surface area (Å²) in [5.41, 5.74) is 2.13. The Morgan fingerprint density at radius 3 is 2.67 bits per heavy atom. The molecule has 0 fully saturated rings. The van der Waals surface area contributed by atoms with Gasteiger partial charge in [0.2, 0.25) is 0 Å². The number of carbonyl (C=O) groups is 1. The molecule has 0 amide bonds. The summed E-state index contributed by atoms with van der Waals surface area (Å²) >= 11 is 0. The van der Waals surface area contributed by atoms with Crippen LogP contribution in [0.5, 0.6) is 11.5 Å². The number of rotatable bonds is 4. The van der Waals surface area contributed by atoms with Crippen molar-refractivity contribution >= 4 is 5.97 Å². The van der Waals surface area contributed by atoms with Crippen molar-refractivity contribution in [1.29, 1.82) is 0 Å². The van der Waals surface area contributed by atoms with Gasteiger partial charge in [0.05, 0.1) is 20.8 Å². The molecular weight excluding hydrogens is 234 g/mol. The predicted octanol–water partition coefficient (Wildman–Crippen LogP) is -0.996. The first-order valence-electron chi connectivity index (χ1n) is 5.93. The van der Waals surface area contributed by atoms with E-state index in [0.29, 0.717) is 11.5 Å². The minimum Gasteiger partial charge on any atom is -0.550 e. The first-order chi connectivity index (χ1) is 8.65. The molecule has 0 saturated carbocycles. The van der Waals surface area contributed by atoms with Crippen LogP contribution in [-0.4, -0.2) is 26.7 Å². The summed E-state index contributed by atoms with van der Waals surface area (Å²) in [5.74, 6) is 0.291.